The summed E-state index contributed by atoms with van der Waals surface area (Å²) in [7, 11) is 0. The number of nitriles is 1. The van der Waals surface area contributed by atoms with E-state index in [2.05, 4.69) is 20.8 Å². The first kappa shape index (κ1) is 16.3. The third-order valence-corrected chi connectivity index (χ3v) is 3.71. The molecule has 0 bridgehead atoms. The van der Waals surface area contributed by atoms with Crippen molar-refractivity contribution in [1.82, 2.24) is 10.4 Å². The standard InChI is InChI=1S/C18H14FN5O/c19-17-3-2-15(7-13(17)8-20)24-18(25)4-1-12-9-21-6-5-16(12)14-10-22-23-11-14/h1-7,9-10,14,23H,11H2,(H,24,25)/b4-1+. The summed E-state index contributed by atoms with van der Waals surface area (Å²) in [5.41, 5.74) is 4.96. The van der Waals surface area contributed by atoms with E-state index in [1.807, 2.05) is 12.3 Å². The summed E-state index contributed by atoms with van der Waals surface area (Å²) in [6.45, 7) is 0.698. The Morgan fingerprint density at radius 3 is 3.08 bits per heavy atom. The van der Waals surface area contributed by atoms with Gasteiger partial charge in [-0.15, -0.1) is 0 Å². The molecular weight excluding hydrogens is 321 g/mol. The summed E-state index contributed by atoms with van der Waals surface area (Å²) in [5, 5.41) is 15.4. The molecule has 124 valence electrons. The molecule has 0 saturated carbocycles. The van der Waals surface area contributed by atoms with Gasteiger partial charge in [-0.05, 0) is 41.5 Å². The van der Waals surface area contributed by atoms with E-state index in [-0.39, 0.29) is 17.4 Å². The molecule has 6 nitrogen and oxygen atoms in total. The van der Waals surface area contributed by atoms with E-state index < -0.39 is 5.82 Å². The molecule has 2 heterocycles. The second-order valence-corrected chi connectivity index (χ2v) is 5.38. The normalized spacial score (nSPS) is 15.8. The number of hydrazone groups is 1. The fraction of sp³-hybridized carbons (Fsp3) is 0.111. The Labute approximate surface area is 143 Å². The van der Waals surface area contributed by atoms with Gasteiger partial charge in [-0.3, -0.25) is 9.78 Å². The van der Waals surface area contributed by atoms with Crippen LogP contribution < -0.4 is 10.7 Å². The summed E-state index contributed by atoms with van der Waals surface area (Å²) in [6, 6.07) is 7.46. The van der Waals surface area contributed by atoms with Gasteiger partial charge < -0.3 is 10.7 Å². The molecule has 1 unspecified atom stereocenters. The minimum Gasteiger partial charge on any atom is -0.322 e. The molecule has 0 aliphatic carbocycles. The first-order valence-electron chi connectivity index (χ1n) is 7.56. The van der Waals surface area contributed by atoms with Gasteiger partial charge >= 0.3 is 0 Å². The van der Waals surface area contributed by atoms with E-state index in [1.165, 1.54) is 18.2 Å². The molecule has 0 fully saturated rings. The number of carbonyl (C=O) groups excluding carboxylic acids is 1. The average molecular weight is 335 g/mol. The van der Waals surface area contributed by atoms with Crippen molar-refractivity contribution in [1.29, 1.82) is 5.26 Å². The SMILES string of the molecule is N#Cc1cc(NC(=O)/C=C/c2cnccc2C2C=NNC2)ccc1F. The fourth-order valence-corrected chi connectivity index (χ4v) is 2.47. The molecule has 2 N–H and O–H groups in total. The van der Waals surface area contributed by atoms with Crippen molar-refractivity contribution >= 4 is 23.9 Å². The second-order valence-electron chi connectivity index (χ2n) is 5.38. The quantitative estimate of drug-likeness (QED) is 0.840. The van der Waals surface area contributed by atoms with Gasteiger partial charge in [-0.2, -0.15) is 10.4 Å². The molecule has 0 radical (unpaired) electrons. The number of nitrogens with zero attached hydrogens (tertiary/aromatic N) is 3. The van der Waals surface area contributed by atoms with Gasteiger partial charge in [-0.1, -0.05) is 0 Å². The van der Waals surface area contributed by atoms with Gasteiger partial charge in [0.25, 0.3) is 0 Å². The molecule has 1 aliphatic rings. The number of pyridine rings is 1. The molecule has 25 heavy (non-hydrogen) atoms. The van der Waals surface area contributed by atoms with Crippen molar-refractivity contribution in [3.8, 4) is 6.07 Å². The molecule has 3 rings (SSSR count). The largest absolute Gasteiger partial charge is 0.322 e. The van der Waals surface area contributed by atoms with Crippen LogP contribution in [0, 0.1) is 17.1 Å². The predicted octanol–water partition coefficient (Wildman–Crippen LogP) is 2.42. The monoisotopic (exact) mass is 335 g/mol. The van der Waals surface area contributed by atoms with E-state index in [1.54, 1.807) is 24.5 Å². The third kappa shape index (κ3) is 3.87. The summed E-state index contributed by atoms with van der Waals surface area (Å²) < 4.78 is 13.3. The molecule has 1 amide bonds. The van der Waals surface area contributed by atoms with Crippen molar-refractivity contribution in [3.05, 3.63) is 65.2 Å². The number of hydrogen-bond acceptors (Lipinski definition) is 5. The van der Waals surface area contributed by atoms with Crippen molar-refractivity contribution in [2.45, 2.75) is 5.92 Å². The number of carbonyl (C=O) groups is 1. The van der Waals surface area contributed by atoms with E-state index in [0.29, 0.717) is 12.2 Å². The zero-order chi connectivity index (χ0) is 17.6. The van der Waals surface area contributed by atoms with Crippen LogP contribution in [0.25, 0.3) is 6.08 Å². The molecule has 0 saturated heterocycles. The highest BCUT2D eigenvalue weighted by Crippen LogP contribution is 2.21. The lowest BCUT2D eigenvalue weighted by Gasteiger charge is -2.09. The van der Waals surface area contributed by atoms with Crippen LogP contribution in [-0.2, 0) is 4.79 Å². The van der Waals surface area contributed by atoms with E-state index in [4.69, 9.17) is 5.26 Å². The lowest BCUT2D eigenvalue weighted by Crippen LogP contribution is -2.10. The highest BCUT2D eigenvalue weighted by molar-refractivity contribution is 6.02. The highest BCUT2D eigenvalue weighted by Gasteiger charge is 2.15. The fourth-order valence-electron chi connectivity index (χ4n) is 2.47. The molecule has 7 heteroatoms. The van der Waals surface area contributed by atoms with Crippen LogP contribution in [0.4, 0.5) is 10.1 Å². The van der Waals surface area contributed by atoms with Gasteiger partial charge in [0.05, 0.1) is 5.56 Å². The van der Waals surface area contributed by atoms with Crippen LogP contribution in [0.1, 0.15) is 22.6 Å². The Morgan fingerprint density at radius 1 is 1.44 bits per heavy atom. The number of rotatable bonds is 4. The Kier molecular flexibility index (Phi) is 4.81. The average Bonchev–Trinajstić information content (AvgIpc) is 3.16. The minimum absolute atomic E-state index is 0.121. The van der Waals surface area contributed by atoms with Crippen molar-refractivity contribution in [2.75, 3.05) is 11.9 Å². The van der Waals surface area contributed by atoms with Crippen LogP contribution in [0.3, 0.4) is 0 Å². The molecule has 1 aromatic heterocycles. The molecule has 1 aliphatic heterocycles. The lowest BCUT2D eigenvalue weighted by atomic mass is 9.97. The molecule has 1 aromatic carbocycles. The Morgan fingerprint density at radius 2 is 2.32 bits per heavy atom. The van der Waals surface area contributed by atoms with Crippen LogP contribution in [0.2, 0.25) is 0 Å². The number of anilines is 1. The first-order chi connectivity index (χ1) is 12.2. The van der Waals surface area contributed by atoms with Crippen molar-refractivity contribution in [2.24, 2.45) is 5.10 Å². The van der Waals surface area contributed by atoms with E-state index in [9.17, 15) is 9.18 Å². The Balaban J connectivity index is 1.73. The second kappa shape index (κ2) is 7.36. The van der Waals surface area contributed by atoms with E-state index in [0.717, 1.165) is 17.2 Å². The first-order valence-corrected chi connectivity index (χ1v) is 7.56. The molecule has 0 spiro atoms. The number of benzene rings is 1. The lowest BCUT2D eigenvalue weighted by molar-refractivity contribution is -0.111. The number of aromatic nitrogens is 1. The van der Waals surface area contributed by atoms with Crippen LogP contribution >= 0.6 is 0 Å². The maximum atomic E-state index is 13.3. The molecular formula is C18H14FN5O. The Bertz CT molecular complexity index is 901. The smallest absolute Gasteiger partial charge is 0.248 e. The number of hydrogen-bond donors (Lipinski definition) is 2. The summed E-state index contributed by atoms with van der Waals surface area (Å²) in [5.74, 6) is -0.882. The van der Waals surface area contributed by atoms with Gasteiger partial charge in [0, 0.05) is 42.8 Å². The molecule has 2 aromatic rings. The highest BCUT2D eigenvalue weighted by atomic mass is 19.1. The van der Waals surface area contributed by atoms with Gasteiger partial charge in [0.2, 0.25) is 5.91 Å². The maximum Gasteiger partial charge on any atom is 0.248 e. The van der Waals surface area contributed by atoms with Crippen LogP contribution in [-0.4, -0.2) is 23.7 Å². The van der Waals surface area contributed by atoms with Gasteiger partial charge in [-0.25, -0.2) is 4.39 Å². The third-order valence-electron chi connectivity index (χ3n) is 3.71. The predicted molar refractivity (Wildman–Crippen MR) is 92.3 cm³/mol. The van der Waals surface area contributed by atoms with Crippen LogP contribution in [0.15, 0.2) is 47.8 Å². The Hall–Kier alpha value is -3.53. The van der Waals surface area contributed by atoms with Gasteiger partial charge in [0.1, 0.15) is 11.9 Å². The van der Waals surface area contributed by atoms with Crippen LogP contribution in [0.5, 0.6) is 0 Å². The summed E-state index contributed by atoms with van der Waals surface area (Å²) >= 11 is 0. The zero-order valence-electron chi connectivity index (χ0n) is 13.1. The number of nitrogens with one attached hydrogen (secondary N) is 2. The minimum atomic E-state index is -0.622. The van der Waals surface area contributed by atoms with Crippen molar-refractivity contribution in [3.63, 3.8) is 0 Å². The molecule has 1 atom stereocenters. The number of halogens is 1. The zero-order valence-corrected chi connectivity index (χ0v) is 13.1. The van der Waals surface area contributed by atoms with Crippen molar-refractivity contribution < 1.29 is 9.18 Å². The number of amides is 1. The maximum absolute atomic E-state index is 13.3. The summed E-state index contributed by atoms with van der Waals surface area (Å²) in [6.07, 6.45) is 8.22. The summed E-state index contributed by atoms with van der Waals surface area (Å²) in [4.78, 5) is 16.2. The topological polar surface area (TPSA) is 90.2 Å². The van der Waals surface area contributed by atoms with Gasteiger partial charge in [0.15, 0.2) is 0 Å². The van der Waals surface area contributed by atoms with E-state index >= 15 is 0 Å².